The quantitative estimate of drug-likeness (QED) is 0.638. The van der Waals surface area contributed by atoms with Crippen molar-refractivity contribution in [3.05, 3.63) is 101 Å². The van der Waals surface area contributed by atoms with E-state index < -0.39 is 0 Å². The molecule has 0 aliphatic carbocycles. The summed E-state index contributed by atoms with van der Waals surface area (Å²) in [6.45, 7) is 4.26. The number of benzene rings is 3. The first kappa shape index (κ1) is 18.5. The highest BCUT2D eigenvalue weighted by Crippen LogP contribution is 2.34. The molecule has 0 radical (unpaired) electrons. The van der Waals surface area contributed by atoms with Crippen molar-refractivity contribution in [1.29, 1.82) is 0 Å². The Morgan fingerprint density at radius 2 is 1.68 bits per heavy atom. The van der Waals surface area contributed by atoms with E-state index in [-0.39, 0.29) is 12.2 Å². The zero-order valence-electron chi connectivity index (χ0n) is 16.4. The van der Waals surface area contributed by atoms with Gasteiger partial charge >= 0.3 is 0 Å². The number of aromatic hydroxyl groups is 1. The molecule has 0 fully saturated rings. The normalized spacial score (nSPS) is 19.3. The topological polar surface area (TPSA) is 44.6 Å². The van der Waals surface area contributed by atoms with Gasteiger partial charge in [-0.25, -0.2) is 0 Å². The number of nitrogens with one attached hydrogen (secondary N) is 1. The lowest BCUT2D eigenvalue weighted by molar-refractivity contribution is 0.412. The standard InChI is InChI=1S/C25H26N2O/c1-3-18-10-14-19(15-11-18)22-16-23(21-6-4-5-7-24(21)28)27-25(26-22)20-12-8-17(2)9-13-20/h4-15,23,25,27-28H,3,16H2,1-2H3/t23-,25-/m1/s1. The summed E-state index contributed by atoms with van der Waals surface area (Å²) in [5.74, 6) is 0.324. The fourth-order valence-corrected chi connectivity index (χ4v) is 3.72. The third-order valence-electron chi connectivity index (χ3n) is 5.44. The van der Waals surface area contributed by atoms with Crippen LogP contribution in [-0.4, -0.2) is 10.8 Å². The van der Waals surface area contributed by atoms with Crippen molar-refractivity contribution in [2.45, 2.75) is 38.9 Å². The maximum Gasteiger partial charge on any atom is 0.126 e. The van der Waals surface area contributed by atoms with Gasteiger partial charge in [-0.15, -0.1) is 0 Å². The molecule has 2 atom stereocenters. The fraction of sp³-hybridized carbons (Fsp3) is 0.240. The molecule has 3 aromatic rings. The SMILES string of the molecule is CCc1ccc(C2=N[C@@H](c3ccc(C)cc3)N[C@@H](c3ccccc3O)C2)cc1. The van der Waals surface area contributed by atoms with Gasteiger partial charge in [-0.2, -0.15) is 0 Å². The Labute approximate surface area is 166 Å². The Kier molecular flexibility index (Phi) is 5.27. The smallest absolute Gasteiger partial charge is 0.126 e. The molecule has 1 aliphatic heterocycles. The molecule has 0 amide bonds. The summed E-state index contributed by atoms with van der Waals surface area (Å²) in [6, 6.07) is 24.7. The first-order chi connectivity index (χ1) is 13.6. The highest BCUT2D eigenvalue weighted by atomic mass is 16.3. The first-order valence-electron chi connectivity index (χ1n) is 9.90. The van der Waals surface area contributed by atoms with Gasteiger partial charge in [-0.1, -0.05) is 79.2 Å². The molecule has 1 heterocycles. The van der Waals surface area contributed by atoms with Crippen molar-refractivity contribution in [2.75, 3.05) is 0 Å². The molecule has 28 heavy (non-hydrogen) atoms. The molecular weight excluding hydrogens is 344 g/mol. The van der Waals surface area contributed by atoms with Gasteiger partial charge < -0.3 is 5.11 Å². The molecule has 3 aromatic carbocycles. The van der Waals surface area contributed by atoms with Gasteiger partial charge in [0, 0.05) is 23.7 Å². The number of nitrogens with zero attached hydrogens (tertiary/aromatic N) is 1. The maximum atomic E-state index is 10.4. The van der Waals surface area contributed by atoms with Crippen LogP contribution in [0.2, 0.25) is 0 Å². The number of aliphatic imine (C=N–C) groups is 1. The van der Waals surface area contributed by atoms with Crippen LogP contribution in [0.25, 0.3) is 0 Å². The highest BCUT2D eigenvalue weighted by molar-refractivity contribution is 6.01. The van der Waals surface area contributed by atoms with Gasteiger partial charge in [0.15, 0.2) is 0 Å². The fourth-order valence-electron chi connectivity index (χ4n) is 3.72. The molecule has 2 N–H and O–H groups in total. The van der Waals surface area contributed by atoms with E-state index in [1.807, 2.05) is 18.2 Å². The van der Waals surface area contributed by atoms with Crippen LogP contribution in [0.15, 0.2) is 77.8 Å². The lowest BCUT2D eigenvalue weighted by atomic mass is 9.93. The number of hydrogen-bond donors (Lipinski definition) is 2. The Hall–Kier alpha value is -2.91. The molecule has 0 spiro atoms. The minimum atomic E-state index is -0.139. The highest BCUT2D eigenvalue weighted by Gasteiger charge is 2.27. The van der Waals surface area contributed by atoms with Gasteiger partial charge in [0.25, 0.3) is 0 Å². The second-order valence-electron chi connectivity index (χ2n) is 7.42. The predicted octanol–water partition coefficient (Wildman–Crippen LogP) is 5.49. The number of phenolic OH excluding ortho intramolecular Hbond substituents is 1. The molecule has 1 aliphatic rings. The van der Waals surface area contributed by atoms with E-state index in [1.54, 1.807) is 6.07 Å². The predicted molar refractivity (Wildman–Crippen MR) is 115 cm³/mol. The number of para-hydroxylation sites is 1. The van der Waals surface area contributed by atoms with Crippen LogP contribution in [0.5, 0.6) is 5.75 Å². The lowest BCUT2D eigenvalue weighted by Gasteiger charge is -2.31. The zero-order chi connectivity index (χ0) is 19.5. The number of hydrogen-bond acceptors (Lipinski definition) is 3. The average molecular weight is 370 g/mol. The molecule has 142 valence electrons. The summed E-state index contributed by atoms with van der Waals surface area (Å²) in [5.41, 5.74) is 6.82. The Morgan fingerprint density at radius 1 is 0.964 bits per heavy atom. The Bertz CT molecular complexity index is 974. The van der Waals surface area contributed by atoms with Crippen LogP contribution in [0.1, 0.15) is 53.4 Å². The summed E-state index contributed by atoms with van der Waals surface area (Å²) >= 11 is 0. The van der Waals surface area contributed by atoms with Crippen molar-refractivity contribution < 1.29 is 5.11 Å². The van der Waals surface area contributed by atoms with Crippen LogP contribution < -0.4 is 5.32 Å². The van der Waals surface area contributed by atoms with Crippen molar-refractivity contribution >= 4 is 5.71 Å². The first-order valence-corrected chi connectivity index (χ1v) is 9.90. The monoisotopic (exact) mass is 370 g/mol. The van der Waals surface area contributed by atoms with Gasteiger partial charge in [0.05, 0.1) is 0 Å². The molecule has 0 aromatic heterocycles. The van der Waals surface area contributed by atoms with Crippen LogP contribution >= 0.6 is 0 Å². The number of rotatable bonds is 4. The Balaban J connectivity index is 1.73. The molecule has 3 heteroatoms. The van der Waals surface area contributed by atoms with Crippen molar-refractivity contribution in [3.8, 4) is 5.75 Å². The van der Waals surface area contributed by atoms with E-state index >= 15 is 0 Å². The maximum absolute atomic E-state index is 10.4. The molecule has 0 bridgehead atoms. The summed E-state index contributed by atoms with van der Waals surface area (Å²) in [6.07, 6.45) is 1.63. The summed E-state index contributed by atoms with van der Waals surface area (Å²) in [4.78, 5) is 5.04. The molecule has 4 rings (SSSR count). The number of aryl methyl sites for hydroxylation is 2. The van der Waals surface area contributed by atoms with Crippen LogP contribution in [0.3, 0.4) is 0 Å². The van der Waals surface area contributed by atoms with E-state index in [4.69, 9.17) is 4.99 Å². The van der Waals surface area contributed by atoms with Gasteiger partial charge in [0.1, 0.15) is 11.9 Å². The summed E-state index contributed by atoms with van der Waals surface area (Å²) in [7, 11) is 0. The van der Waals surface area contributed by atoms with Crippen molar-refractivity contribution in [1.82, 2.24) is 5.32 Å². The molecular formula is C25H26N2O. The van der Waals surface area contributed by atoms with Gasteiger partial charge in [-0.3, -0.25) is 10.3 Å². The molecule has 0 saturated heterocycles. The largest absolute Gasteiger partial charge is 0.508 e. The molecule has 0 unspecified atom stereocenters. The van der Waals surface area contributed by atoms with E-state index in [2.05, 4.69) is 67.7 Å². The summed E-state index contributed by atoms with van der Waals surface area (Å²) < 4.78 is 0. The van der Waals surface area contributed by atoms with E-state index in [0.717, 1.165) is 35.2 Å². The minimum Gasteiger partial charge on any atom is -0.508 e. The number of phenols is 1. The third kappa shape index (κ3) is 3.85. The van der Waals surface area contributed by atoms with Gasteiger partial charge in [-0.05, 0) is 36.1 Å². The van der Waals surface area contributed by atoms with Crippen LogP contribution in [0.4, 0.5) is 0 Å². The molecule has 0 saturated carbocycles. The third-order valence-corrected chi connectivity index (χ3v) is 5.44. The van der Waals surface area contributed by atoms with Crippen molar-refractivity contribution in [3.63, 3.8) is 0 Å². The zero-order valence-corrected chi connectivity index (χ0v) is 16.4. The second kappa shape index (κ2) is 7.99. The van der Waals surface area contributed by atoms with Crippen LogP contribution in [-0.2, 0) is 6.42 Å². The molecule has 3 nitrogen and oxygen atoms in total. The summed E-state index contributed by atoms with van der Waals surface area (Å²) in [5, 5.41) is 14.0. The van der Waals surface area contributed by atoms with Crippen LogP contribution in [0, 0.1) is 6.92 Å². The van der Waals surface area contributed by atoms with E-state index in [0.29, 0.717) is 5.75 Å². The Morgan fingerprint density at radius 3 is 2.36 bits per heavy atom. The van der Waals surface area contributed by atoms with Crippen molar-refractivity contribution in [2.24, 2.45) is 4.99 Å². The van der Waals surface area contributed by atoms with E-state index in [9.17, 15) is 5.11 Å². The minimum absolute atomic E-state index is 0.00542. The lowest BCUT2D eigenvalue weighted by Crippen LogP contribution is -2.33. The average Bonchev–Trinajstić information content (AvgIpc) is 2.74. The van der Waals surface area contributed by atoms with Gasteiger partial charge in [0.2, 0.25) is 0 Å². The van der Waals surface area contributed by atoms with E-state index in [1.165, 1.54) is 11.1 Å². The second-order valence-corrected chi connectivity index (χ2v) is 7.42.